The van der Waals surface area contributed by atoms with Crippen molar-refractivity contribution in [3.05, 3.63) is 68.5 Å². The molecule has 23 heavy (non-hydrogen) atoms. The monoisotopic (exact) mass is 406 g/mol. The summed E-state index contributed by atoms with van der Waals surface area (Å²) in [4.78, 5) is 19.1. The first kappa shape index (κ1) is 16.3. The van der Waals surface area contributed by atoms with Crippen LogP contribution in [-0.2, 0) is 4.79 Å². The van der Waals surface area contributed by atoms with Gasteiger partial charge in [-0.2, -0.15) is 0 Å². The molecular weight excluding hydrogens is 396 g/mol. The number of amidine groups is 1. The molecule has 2 aromatic rings. The molecule has 0 bridgehead atoms. The van der Waals surface area contributed by atoms with Crippen molar-refractivity contribution in [3.8, 4) is 0 Å². The van der Waals surface area contributed by atoms with Crippen LogP contribution in [0.2, 0.25) is 5.02 Å². The van der Waals surface area contributed by atoms with E-state index in [0.29, 0.717) is 15.1 Å². The van der Waals surface area contributed by atoms with Crippen LogP contribution in [0.1, 0.15) is 5.56 Å². The van der Waals surface area contributed by atoms with E-state index >= 15 is 0 Å². The molecule has 3 rings (SSSR count). The van der Waals surface area contributed by atoms with Crippen molar-refractivity contribution in [2.45, 2.75) is 0 Å². The number of hydrogen-bond acceptors (Lipinski definition) is 3. The van der Waals surface area contributed by atoms with Crippen LogP contribution in [0.4, 0.5) is 5.69 Å². The number of benzene rings is 2. The highest BCUT2D eigenvalue weighted by Gasteiger charge is 2.30. The molecule has 0 atom stereocenters. The predicted molar refractivity (Wildman–Crippen MR) is 101 cm³/mol. The Bertz CT molecular complexity index is 800. The van der Waals surface area contributed by atoms with Gasteiger partial charge in [-0.1, -0.05) is 39.7 Å². The summed E-state index contributed by atoms with van der Waals surface area (Å²) in [6, 6.07) is 15.0. The SMILES string of the molecule is CN1C(=O)/C(=C\c2ccc(Br)cc2)SC1=Nc1ccc(Cl)cc1. The number of aliphatic imine (C=N–C) groups is 1. The summed E-state index contributed by atoms with van der Waals surface area (Å²) >= 11 is 10.6. The standard InChI is InChI=1S/C17H12BrClN2OS/c1-21-16(22)15(10-11-2-4-12(18)5-3-11)23-17(21)20-14-8-6-13(19)7-9-14/h2-10H,1H3/b15-10+,20-17?. The molecule has 0 saturated carbocycles. The van der Waals surface area contributed by atoms with Gasteiger partial charge in [0.2, 0.25) is 0 Å². The van der Waals surface area contributed by atoms with Gasteiger partial charge in [0.05, 0.1) is 10.6 Å². The van der Waals surface area contributed by atoms with E-state index in [1.54, 1.807) is 24.1 Å². The van der Waals surface area contributed by atoms with Crippen LogP contribution in [0.3, 0.4) is 0 Å². The zero-order valence-corrected chi connectivity index (χ0v) is 15.3. The zero-order valence-electron chi connectivity index (χ0n) is 12.2. The summed E-state index contributed by atoms with van der Waals surface area (Å²) in [5.41, 5.74) is 1.74. The van der Waals surface area contributed by atoms with E-state index in [0.717, 1.165) is 15.7 Å². The van der Waals surface area contributed by atoms with Gasteiger partial charge >= 0.3 is 0 Å². The third kappa shape index (κ3) is 3.86. The fourth-order valence-electron chi connectivity index (χ4n) is 1.99. The minimum Gasteiger partial charge on any atom is -0.290 e. The largest absolute Gasteiger partial charge is 0.290 e. The van der Waals surface area contributed by atoms with Gasteiger partial charge in [0, 0.05) is 16.5 Å². The second-order valence-electron chi connectivity index (χ2n) is 4.90. The van der Waals surface area contributed by atoms with Crippen LogP contribution in [0, 0.1) is 0 Å². The van der Waals surface area contributed by atoms with Crippen LogP contribution >= 0.6 is 39.3 Å². The van der Waals surface area contributed by atoms with Gasteiger partial charge in [-0.25, -0.2) is 4.99 Å². The molecule has 6 heteroatoms. The second kappa shape index (κ2) is 6.91. The summed E-state index contributed by atoms with van der Waals surface area (Å²) in [5, 5.41) is 1.31. The molecule has 3 nitrogen and oxygen atoms in total. The Morgan fingerprint density at radius 2 is 1.78 bits per heavy atom. The van der Waals surface area contributed by atoms with E-state index < -0.39 is 0 Å². The Hall–Kier alpha value is -1.56. The maximum atomic E-state index is 12.4. The third-order valence-corrected chi connectivity index (χ3v) is 5.06. The summed E-state index contributed by atoms with van der Waals surface area (Å²) in [5.74, 6) is -0.0503. The molecular formula is C17H12BrClN2OS. The first-order chi connectivity index (χ1) is 11.0. The average Bonchev–Trinajstić information content (AvgIpc) is 2.80. The maximum absolute atomic E-state index is 12.4. The normalized spacial score (nSPS) is 18.2. The summed E-state index contributed by atoms with van der Waals surface area (Å²) < 4.78 is 1.01. The van der Waals surface area contributed by atoms with Crippen molar-refractivity contribution in [3.63, 3.8) is 0 Å². The molecule has 1 aliphatic rings. The molecule has 116 valence electrons. The predicted octanol–water partition coefficient (Wildman–Crippen LogP) is 5.34. The Balaban J connectivity index is 1.87. The fraction of sp³-hybridized carbons (Fsp3) is 0.0588. The van der Waals surface area contributed by atoms with E-state index in [2.05, 4.69) is 20.9 Å². The van der Waals surface area contributed by atoms with E-state index in [-0.39, 0.29) is 5.91 Å². The molecule has 1 saturated heterocycles. The number of likely N-dealkylation sites (N-methyl/N-ethyl adjacent to an activating group) is 1. The van der Waals surface area contributed by atoms with E-state index in [1.807, 2.05) is 42.5 Å². The summed E-state index contributed by atoms with van der Waals surface area (Å²) in [6.07, 6.45) is 1.88. The zero-order chi connectivity index (χ0) is 16.4. The Morgan fingerprint density at radius 1 is 1.13 bits per heavy atom. The van der Waals surface area contributed by atoms with Crippen LogP contribution in [0.15, 0.2) is 62.9 Å². The number of carbonyl (C=O) groups excluding carboxylic acids is 1. The summed E-state index contributed by atoms with van der Waals surface area (Å²) in [7, 11) is 1.73. The second-order valence-corrected chi connectivity index (χ2v) is 7.26. The molecule has 0 N–H and O–H groups in total. The number of amides is 1. The summed E-state index contributed by atoms with van der Waals surface area (Å²) in [6.45, 7) is 0. The van der Waals surface area contributed by atoms with Crippen molar-refractivity contribution in [2.75, 3.05) is 7.05 Å². The number of rotatable bonds is 2. The van der Waals surface area contributed by atoms with Gasteiger partial charge in [0.1, 0.15) is 0 Å². The van der Waals surface area contributed by atoms with Gasteiger partial charge in [-0.3, -0.25) is 9.69 Å². The smallest absolute Gasteiger partial charge is 0.266 e. The Morgan fingerprint density at radius 3 is 2.43 bits per heavy atom. The van der Waals surface area contributed by atoms with Crippen molar-refractivity contribution in [1.29, 1.82) is 0 Å². The number of thioether (sulfide) groups is 1. The number of halogens is 2. The van der Waals surface area contributed by atoms with Crippen LogP contribution in [-0.4, -0.2) is 23.0 Å². The number of hydrogen-bond donors (Lipinski definition) is 0. The molecule has 0 aliphatic carbocycles. The lowest BCUT2D eigenvalue weighted by atomic mass is 10.2. The van der Waals surface area contributed by atoms with Crippen LogP contribution < -0.4 is 0 Å². The van der Waals surface area contributed by atoms with E-state index in [4.69, 9.17) is 11.6 Å². The molecule has 0 radical (unpaired) electrons. The van der Waals surface area contributed by atoms with Gasteiger partial charge in [0.25, 0.3) is 5.91 Å². The number of carbonyl (C=O) groups is 1. The average molecular weight is 408 g/mol. The highest BCUT2D eigenvalue weighted by Crippen LogP contribution is 2.33. The van der Waals surface area contributed by atoms with E-state index in [9.17, 15) is 4.79 Å². The molecule has 1 aliphatic heterocycles. The lowest BCUT2D eigenvalue weighted by Crippen LogP contribution is -2.23. The van der Waals surface area contributed by atoms with Crippen LogP contribution in [0.25, 0.3) is 6.08 Å². The Labute approximate surface area is 152 Å². The number of nitrogens with zero attached hydrogens (tertiary/aromatic N) is 2. The maximum Gasteiger partial charge on any atom is 0.266 e. The molecule has 2 aromatic carbocycles. The lowest BCUT2D eigenvalue weighted by molar-refractivity contribution is -0.121. The van der Waals surface area contributed by atoms with Crippen molar-refractivity contribution < 1.29 is 4.79 Å². The minimum absolute atomic E-state index is 0.0503. The van der Waals surface area contributed by atoms with Crippen LogP contribution in [0.5, 0.6) is 0 Å². The van der Waals surface area contributed by atoms with E-state index in [1.165, 1.54) is 11.8 Å². The van der Waals surface area contributed by atoms with Crippen molar-refractivity contribution in [2.24, 2.45) is 4.99 Å². The van der Waals surface area contributed by atoms with Gasteiger partial charge in [0.15, 0.2) is 5.17 Å². The fourth-order valence-corrected chi connectivity index (χ4v) is 3.37. The quantitative estimate of drug-likeness (QED) is 0.630. The van der Waals surface area contributed by atoms with Gasteiger partial charge in [-0.05, 0) is 59.8 Å². The minimum atomic E-state index is -0.0503. The van der Waals surface area contributed by atoms with Gasteiger partial charge < -0.3 is 0 Å². The third-order valence-electron chi connectivity index (χ3n) is 3.22. The molecule has 1 amide bonds. The Kier molecular flexibility index (Phi) is 4.90. The topological polar surface area (TPSA) is 32.7 Å². The molecule has 1 heterocycles. The molecule has 0 unspecified atom stereocenters. The first-order valence-electron chi connectivity index (χ1n) is 6.80. The molecule has 1 fully saturated rings. The van der Waals surface area contributed by atoms with Gasteiger partial charge in [-0.15, -0.1) is 0 Å². The highest BCUT2D eigenvalue weighted by atomic mass is 79.9. The van der Waals surface area contributed by atoms with Crippen molar-refractivity contribution in [1.82, 2.24) is 4.90 Å². The highest BCUT2D eigenvalue weighted by molar-refractivity contribution is 9.10. The first-order valence-corrected chi connectivity index (χ1v) is 8.79. The molecule has 0 spiro atoms. The lowest BCUT2D eigenvalue weighted by Gasteiger charge is -2.07. The molecule has 0 aromatic heterocycles. The van der Waals surface area contributed by atoms with Crippen molar-refractivity contribution >= 4 is 62.1 Å².